The van der Waals surface area contributed by atoms with Crippen molar-refractivity contribution < 1.29 is 9.53 Å². The van der Waals surface area contributed by atoms with E-state index in [2.05, 4.69) is 17.6 Å². The highest BCUT2D eigenvalue weighted by Crippen LogP contribution is 2.57. The number of amides is 2. The predicted octanol–water partition coefficient (Wildman–Crippen LogP) is 1.78. The Labute approximate surface area is 133 Å². The molecule has 2 amide bonds. The van der Waals surface area contributed by atoms with Crippen LogP contribution in [-0.2, 0) is 4.74 Å². The second-order valence-electron chi connectivity index (χ2n) is 7.17. The molecule has 4 bridgehead atoms. The van der Waals surface area contributed by atoms with Gasteiger partial charge in [0, 0.05) is 25.7 Å². The summed E-state index contributed by atoms with van der Waals surface area (Å²) < 4.78 is 6.14. The summed E-state index contributed by atoms with van der Waals surface area (Å²) in [6.45, 7) is 3.95. The average molecular weight is 307 g/mol. The molecule has 4 saturated carbocycles. The van der Waals surface area contributed by atoms with E-state index in [9.17, 15) is 4.79 Å². The summed E-state index contributed by atoms with van der Waals surface area (Å²) >= 11 is 0. The van der Waals surface area contributed by atoms with Gasteiger partial charge in [0.05, 0.1) is 5.60 Å². The van der Waals surface area contributed by atoms with Crippen molar-refractivity contribution in [2.24, 2.45) is 23.5 Å². The Morgan fingerprint density at radius 3 is 2.64 bits per heavy atom. The van der Waals surface area contributed by atoms with Gasteiger partial charge in [0.25, 0.3) is 0 Å². The number of urea groups is 1. The molecule has 0 saturated heterocycles. The first-order valence-electron chi connectivity index (χ1n) is 8.69. The SMILES string of the molecule is CCOC12CC3CC(C1)C(NC(=O)NC/C=C/CN)C(C3)C2. The first-order chi connectivity index (χ1) is 10.7. The quantitative estimate of drug-likeness (QED) is 0.655. The van der Waals surface area contributed by atoms with Crippen molar-refractivity contribution in [3.05, 3.63) is 12.2 Å². The summed E-state index contributed by atoms with van der Waals surface area (Å²) in [6.07, 6.45) is 9.72. The number of hydrogen-bond donors (Lipinski definition) is 3. The largest absolute Gasteiger partial charge is 0.375 e. The molecular weight excluding hydrogens is 278 g/mol. The lowest BCUT2D eigenvalue weighted by Gasteiger charge is -2.59. The summed E-state index contributed by atoms with van der Waals surface area (Å²) in [5.41, 5.74) is 5.50. The minimum Gasteiger partial charge on any atom is -0.375 e. The number of nitrogens with one attached hydrogen (secondary N) is 2. The van der Waals surface area contributed by atoms with Gasteiger partial charge < -0.3 is 21.1 Å². The van der Waals surface area contributed by atoms with Crippen molar-refractivity contribution in [1.29, 1.82) is 0 Å². The topological polar surface area (TPSA) is 76.4 Å². The summed E-state index contributed by atoms with van der Waals surface area (Å²) in [6, 6.07) is 0.272. The van der Waals surface area contributed by atoms with Crippen LogP contribution in [0.3, 0.4) is 0 Å². The Morgan fingerprint density at radius 2 is 2.00 bits per heavy atom. The Balaban J connectivity index is 1.56. The Hall–Kier alpha value is -1.07. The lowest BCUT2D eigenvalue weighted by atomic mass is 9.52. The Morgan fingerprint density at radius 1 is 1.27 bits per heavy atom. The Kier molecular flexibility index (Phi) is 4.73. The van der Waals surface area contributed by atoms with E-state index in [0.29, 0.717) is 31.0 Å². The number of hydrogen-bond acceptors (Lipinski definition) is 3. The van der Waals surface area contributed by atoms with Crippen LogP contribution in [0.25, 0.3) is 0 Å². The van der Waals surface area contributed by atoms with Gasteiger partial charge in [-0.1, -0.05) is 12.2 Å². The smallest absolute Gasteiger partial charge is 0.315 e. The molecule has 124 valence electrons. The molecule has 0 aliphatic heterocycles. The van der Waals surface area contributed by atoms with Gasteiger partial charge >= 0.3 is 6.03 Å². The molecule has 4 rings (SSSR count). The molecule has 0 aromatic heterocycles. The van der Waals surface area contributed by atoms with E-state index in [1.165, 1.54) is 19.3 Å². The number of carbonyl (C=O) groups excluding carboxylic acids is 1. The molecule has 0 spiro atoms. The number of ether oxygens (including phenoxy) is 1. The molecule has 4 aliphatic rings. The van der Waals surface area contributed by atoms with Gasteiger partial charge in [0.2, 0.25) is 0 Å². The van der Waals surface area contributed by atoms with Crippen LogP contribution < -0.4 is 16.4 Å². The van der Waals surface area contributed by atoms with Gasteiger partial charge in [-0.25, -0.2) is 4.79 Å². The van der Waals surface area contributed by atoms with Crippen LogP contribution in [0.4, 0.5) is 4.79 Å². The van der Waals surface area contributed by atoms with Crippen molar-refractivity contribution in [2.75, 3.05) is 19.7 Å². The minimum atomic E-state index is -0.0513. The predicted molar refractivity (Wildman–Crippen MR) is 86.4 cm³/mol. The Bertz CT molecular complexity index is 422. The third-order valence-corrected chi connectivity index (χ3v) is 5.65. The van der Waals surface area contributed by atoms with Gasteiger partial charge in [-0.15, -0.1) is 0 Å². The summed E-state index contributed by atoms with van der Waals surface area (Å²) in [5, 5.41) is 6.12. The molecule has 2 unspecified atom stereocenters. The first-order valence-corrected chi connectivity index (χ1v) is 8.69. The molecule has 0 aromatic carbocycles. The molecule has 0 aromatic rings. The normalized spacial score (nSPS) is 39.4. The van der Waals surface area contributed by atoms with Crippen LogP contribution in [-0.4, -0.2) is 37.4 Å². The standard InChI is InChI=1S/C17H29N3O2/c1-2-22-17-9-12-7-13(10-17)15(14(8-12)11-17)20-16(21)19-6-4-3-5-18/h3-4,12-15H,2,5-11,18H2,1H3,(H2,19,20,21)/b4-3+. The van der Waals surface area contributed by atoms with Crippen LogP contribution in [0.5, 0.6) is 0 Å². The maximum absolute atomic E-state index is 12.1. The number of carbonyl (C=O) groups is 1. The van der Waals surface area contributed by atoms with Crippen LogP contribution in [0.15, 0.2) is 12.2 Å². The third kappa shape index (κ3) is 3.15. The molecular formula is C17H29N3O2. The average Bonchev–Trinajstić information content (AvgIpc) is 2.47. The monoisotopic (exact) mass is 307 g/mol. The van der Waals surface area contributed by atoms with Crippen molar-refractivity contribution in [1.82, 2.24) is 10.6 Å². The van der Waals surface area contributed by atoms with E-state index in [4.69, 9.17) is 10.5 Å². The van der Waals surface area contributed by atoms with Gasteiger partial charge in [0.15, 0.2) is 0 Å². The van der Waals surface area contributed by atoms with Crippen molar-refractivity contribution in [2.45, 2.75) is 50.7 Å². The van der Waals surface area contributed by atoms with Crippen LogP contribution in [0.1, 0.15) is 39.0 Å². The highest BCUT2D eigenvalue weighted by atomic mass is 16.5. The lowest BCUT2D eigenvalue weighted by Crippen LogP contribution is -2.63. The molecule has 2 atom stereocenters. The van der Waals surface area contributed by atoms with Crippen LogP contribution in [0.2, 0.25) is 0 Å². The van der Waals surface area contributed by atoms with Gasteiger partial charge in [-0.2, -0.15) is 0 Å². The van der Waals surface area contributed by atoms with E-state index in [1.54, 1.807) is 0 Å². The molecule has 4 N–H and O–H groups in total. The maximum atomic E-state index is 12.1. The molecule has 5 heteroatoms. The maximum Gasteiger partial charge on any atom is 0.315 e. The van der Waals surface area contributed by atoms with Gasteiger partial charge in [-0.3, -0.25) is 0 Å². The highest BCUT2D eigenvalue weighted by molar-refractivity contribution is 5.74. The fraction of sp³-hybridized carbons (Fsp3) is 0.824. The van der Waals surface area contributed by atoms with E-state index in [0.717, 1.165) is 25.4 Å². The molecule has 4 fully saturated rings. The fourth-order valence-corrected chi connectivity index (χ4v) is 5.20. The summed E-state index contributed by atoms with van der Waals surface area (Å²) in [7, 11) is 0. The first kappa shape index (κ1) is 15.8. The molecule has 22 heavy (non-hydrogen) atoms. The molecule has 0 radical (unpaired) electrons. The zero-order chi connectivity index (χ0) is 15.6. The van der Waals surface area contributed by atoms with Crippen LogP contribution in [0, 0.1) is 17.8 Å². The van der Waals surface area contributed by atoms with Crippen LogP contribution >= 0.6 is 0 Å². The zero-order valence-corrected chi connectivity index (χ0v) is 13.5. The lowest BCUT2D eigenvalue weighted by molar-refractivity contribution is -0.168. The fourth-order valence-electron chi connectivity index (χ4n) is 5.20. The van der Waals surface area contributed by atoms with Gasteiger partial charge in [0.1, 0.15) is 0 Å². The third-order valence-electron chi connectivity index (χ3n) is 5.65. The van der Waals surface area contributed by atoms with Gasteiger partial charge in [-0.05, 0) is 56.8 Å². The second-order valence-corrected chi connectivity index (χ2v) is 7.17. The van der Waals surface area contributed by atoms with E-state index >= 15 is 0 Å². The van der Waals surface area contributed by atoms with Crippen molar-refractivity contribution in [3.63, 3.8) is 0 Å². The summed E-state index contributed by atoms with van der Waals surface area (Å²) in [4.78, 5) is 12.1. The molecule has 4 aliphatic carbocycles. The van der Waals surface area contributed by atoms with E-state index < -0.39 is 0 Å². The van der Waals surface area contributed by atoms with E-state index in [-0.39, 0.29) is 11.6 Å². The minimum absolute atomic E-state index is 0.0513. The molecule has 0 heterocycles. The number of nitrogens with two attached hydrogens (primary N) is 1. The van der Waals surface area contributed by atoms with E-state index in [1.807, 2.05) is 12.2 Å². The highest BCUT2D eigenvalue weighted by Gasteiger charge is 2.56. The molecule has 5 nitrogen and oxygen atoms in total. The van der Waals surface area contributed by atoms with Crippen molar-refractivity contribution >= 4 is 6.03 Å². The zero-order valence-electron chi connectivity index (χ0n) is 13.5. The summed E-state index contributed by atoms with van der Waals surface area (Å²) in [5.74, 6) is 1.98. The number of rotatable bonds is 6. The van der Waals surface area contributed by atoms with Crippen molar-refractivity contribution in [3.8, 4) is 0 Å². The second kappa shape index (κ2) is 6.59.